The highest BCUT2D eigenvalue weighted by molar-refractivity contribution is 5.35. The Hall–Kier alpha value is -1.67. The molecule has 1 heterocycles. The maximum atomic E-state index is 10.1. The second-order valence-corrected chi connectivity index (χ2v) is 4.54. The molecule has 8 heteroatoms. The van der Waals surface area contributed by atoms with Crippen LogP contribution in [0.5, 0.6) is 6.01 Å². The summed E-state index contributed by atoms with van der Waals surface area (Å²) in [7, 11) is 3.31. The van der Waals surface area contributed by atoms with Gasteiger partial charge in [-0.25, -0.2) is 0 Å². The van der Waals surface area contributed by atoms with Gasteiger partial charge < -0.3 is 25.2 Å². The molecule has 0 radical (unpaired) electrons. The van der Waals surface area contributed by atoms with Crippen LogP contribution in [0.15, 0.2) is 0 Å². The van der Waals surface area contributed by atoms with Gasteiger partial charge in [-0.1, -0.05) is 0 Å². The fourth-order valence-electron chi connectivity index (χ4n) is 1.42. The van der Waals surface area contributed by atoms with Crippen molar-refractivity contribution < 1.29 is 14.6 Å². The van der Waals surface area contributed by atoms with Crippen LogP contribution in [0.25, 0.3) is 0 Å². The lowest BCUT2D eigenvalue weighted by Gasteiger charge is -2.23. The van der Waals surface area contributed by atoms with E-state index >= 15 is 0 Å². The van der Waals surface area contributed by atoms with Crippen LogP contribution in [-0.2, 0) is 4.74 Å². The number of nitrogens with zero attached hydrogens (tertiary/aromatic N) is 3. The lowest BCUT2D eigenvalue weighted by molar-refractivity contribution is 0.0356. The van der Waals surface area contributed by atoms with E-state index in [1.807, 2.05) is 6.92 Å². The molecule has 0 aliphatic rings. The Kier molecular flexibility index (Phi) is 6.40. The molecule has 0 fully saturated rings. The van der Waals surface area contributed by atoms with E-state index in [9.17, 15) is 5.11 Å². The molecule has 1 atom stereocenters. The van der Waals surface area contributed by atoms with Gasteiger partial charge in [0.05, 0.1) is 12.2 Å². The molecule has 0 aliphatic carbocycles. The molecule has 0 bridgehead atoms. The first kappa shape index (κ1) is 16.4. The van der Waals surface area contributed by atoms with Gasteiger partial charge in [0.2, 0.25) is 11.9 Å². The third-order valence-electron chi connectivity index (χ3n) is 2.58. The zero-order valence-electron chi connectivity index (χ0n) is 12.4. The van der Waals surface area contributed by atoms with Gasteiger partial charge in [-0.3, -0.25) is 0 Å². The first-order valence-electron chi connectivity index (χ1n) is 6.52. The summed E-state index contributed by atoms with van der Waals surface area (Å²) >= 11 is 0. The lowest BCUT2D eigenvalue weighted by Crippen LogP contribution is -2.35. The Morgan fingerprint density at radius 3 is 2.55 bits per heavy atom. The third kappa shape index (κ3) is 5.54. The molecule has 8 nitrogen and oxygen atoms in total. The Morgan fingerprint density at radius 1 is 1.25 bits per heavy atom. The van der Waals surface area contributed by atoms with Crippen molar-refractivity contribution in [3.63, 3.8) is 0 Å². The Balaban J connectivity index is 2.68. The first-order chi connectivity index (χ1) is 9.50. The average Bonchev–Trinajstić information content (AvgIpc) is 2.43. The van der Waals surface area contributed by atoms with Crippen LogP contribution in [0.1, 0.15) is 20.3 Å². The second kappa shape index (κ2) is 7.81. The van der Waals surface area contributed by atoms with Crippen LogP contribution in [0.2, 0.25) is 0 Å². The van der Waals surface area contributed by atoms with Crippen molar-refractivity contribution in [2.24, 2.45) is 0 Å². The number of hydrogen-bond acceptors (Lipinski definition) is 8. The summed E-state index contributed by atoms with van der Waals surface area (Å²) in [5.74, 6) is 0.757. The Morgan fingerprint density at radius 2 is 1.95 bits per heavy atom. The number of methoxy groups -OCH3 is 1. The molecule has 0 amide bonds. The smallest absolute Gasteiger partial charge is 0.323 e. The number of aliphatic hydroxyl groups is 1. The standard InChI is InChI=1S/C12H23N5O3/c1-5-20-11-16-9(13-3)15-10(17-11)14-8-12(2,18)6-7-19-4/h18H,5-8H2,1-4H3,(H2,13,14,15,16,17). The quantitative estimate of drug-likeness (QED) is 0.603. The summed E-state index contributed by atoms with van der Waals surface area (Å²) in [5.41, 5.74) is -0.909. The number of aromatic nitrogens is 3. The monoisotopic (exact) mass is 285 g/mol. The molecule has 0 aromatic carbocycles. The summed E-state index contributed by atoms with van der Waals surface area (Å²) in [4.78, 5) is 12.3. The third-order valence-corrected chi connectivity index (χ3v) is 2.58. The summed E-state index contributed by atoms with van der Waals surface area (Å²) in [5, 5.41) is 16.0. The molecule has 0 aliphatic heterocycles. The Bertz CT molecular complexity index is 414. The van der Waals surface area contributed by atoms with Crippen LogP contribution < -0.4 is 15.4 Å². The predicted octanol–water partition coefficient (Wildman–Crippen LogP) is 0.511. The molecule has 20 heavy (non-hydrogen) atoms. The summed E-state index contributed by atoms with van der Waals surface area (Å²) in [6.07, 6.45) is 0.513. The normalized spacial score (nSPS) is 13.7. The van der Waals surface area contributed by atoms with Crippen molar-refractivity contribution in [1.29, 1.82) is 0 Å². The van der Waals surface area contributed by atoms with Gasteiger partial charge in [-0.2, -0.15) is 15.0 Å². The average molecular weight is 285 g/mol. The predicted molar refractivity (Wildman–Crippen MR) is 76.1 cm³/mol. The molecule has 1 rings (SSSR count). The van der Waals surface area contributed by atoms with E-state index in [0.717, 1.165) is 0 Å². The highest BCUT2D eigenvalue weighted by atomic mass is 16.5. The molecular formula is C12H23N5O3. The van der Waals surface area contributed by atoms with E-state index in [1.165, 1.54) is 0 Å². The van der Waals surface area contributed by atoms with Gasteiger partial charge in [0.1, 0.15) is 0 Å². The number of anilines is 2. The van der Waals surface area contributed by atoms with E-state index in [-0.39, 0.29) is 6.01 Å². The van der Waals surface area contributed by atoms with E-state index in [4.69, 9.17) is 9.47 Å². The summed E-state index contributed by atoms with van der Waals surface area (Å²) < 4.78 is 10.2. The molecule has 1 unspecified atom stereocenters. The van der Waals surface area contributed by atoms with Gasteiger partial charge in [-0.15, -0.1) is 0 Å². The van der Waals surface area contributed by atoms with Crippen molar-refractivity contribution in [3.05, 3.63) is 0 Å². The van der Waals surface area contributed by atoms with Crippen molar-refractivity contribution in [1.82, 2.24) is 15.0 Å². The number of nitrogens with one attached hydrogen (secondary N) is 2. The molecule has 1 aromatic heterocycles. The van der Waals surface area contributed by atoms with Crippen LogP contribution >= 0.6 is 0 Å². The zero-order valence-corrected chi connectivity index (χ0v) is 12.4. The van der Waals surface area contributed by atoms with Crippen molar-refractivity contribution >= 4 is 11.9 Å². The van der Waals surface area contributed by atoms with Crippen LogP contribution in [0.4, 0.5) is 11.9 Å². The fraction of sp³-hybridized carbons (Fsp3) is 0.750. The fourth-order valence-corrected chi connectivity index (χ4v) is 1.42. The van der Waals surface area contributed by atoms with Crippen molar-refractivity contribution in [2.45, 2.75) is 25.9 Å². The molecule has 0 spiro atoms. The van der Waals surface area contributed by atoms with Crippen LogP contribution in [-0.4, -0.2) is 59.6 Å². The van der Waals surface area contributed by atoms with Gasteiger partial charge in [-0.05, 0) is 13.8 Å². The van der Waals surface area contributed by atoms with Gasteiger partial charge >= 0.3 is 6.01 Å². The molecule has 0 saturated carbocycles. The minimum absolute atomic E-state index is 0.242. The molecule has 1 aromatic rings. The molecule has 114 valence electrons. The van der Waals surface area contributed by atoms with E-state index in [1.54, 1.807) is 21.1 Å². The second-order valence-electron chi connectivity index (χ2n) is 4.54. The summed E-state index contributed by atoms with van der Waals surface area (Å²) in [6.45, 7) is 4.83. The highest BCUT2D eigenvalue weighted by Crippen LogP contribution is 2.14. The van der Waals surface area contributed by atoms with E-state index in [2.05, 4.69) is 25.6 Å². The largest absolute Gasteiger partial charge is 0.464 e. The minimum Gasteiger partial charge on any atom is -0.464 e. The van der Waals surface area contributed by atoms with E-state index < -0.39 is 5.60 Å². The highest BCUT2D eigenvalue weighted by Gasteiger charge is 2.20. The van der Waals surface area contributed by atoms with Crippen LogP contribution in [0, 0.1) is 0 Å². The van der Waals surface area contributed by atoms with Crippen molar-refractivity contribution in [2.75, 3.05) is 44.5 Å². The number of ether oxygens (including phenoxy) is 2. The molecular weight excluding hydrogens is 262 g/mol. The Labute approximate surface area is 118 Å². The maximum Gasteiger partial charge on any atom is 0.323 e. The summed E-state index contributed by atoms with van der Waals surface area (Å²) in [6, 6.07) is 0.242. The SMILES string of the molecule is CCOc1nc(NC)nc(NCC(C)(O)CCOC)n1. The van der Waals surface area contributed by atoms with E-state index in [0.29, 0.717) is 38.1 Å². The minimum atomic E-state index is -0.909. The van der Waals surface area contributed by atoms with Gasteiger partial charge in [0, 0.05) is 33.7 Å². The molecule has 3 N–H and O–H groups in total. The zero-order chi connectivity index (χ0) is 15.0. The topological polar surface area (TPSA) is 101 Å². The van der Waals surface area contributed by atoms with Crippen LogP contribution in [0.3, 0.4) is 0 Å². The lowest BCUT2D eigenvalue weighted by atomic mass is 10.0. The maximum absolute atomic E-state index is 10.1. The van der Waals surface area contributed by atoms with Gasteiger partial charge in [0.15, 0.2) is 0 Å². The number of hydrogen-bond donors (Lipinski definition) is 3. The molecule has 0 saturated heterocycles. The van der Waals surface area contributed by atoms with Crippen molar-refractivity contribution in [3.8, 4) is 6.01 Å². The first-order valence-corrected chi connectivity index (χ1v) is 6.52. The van der Waals surface area contributed by atoms with Gasteiger partial charge in [0.25, 0.3) is 0 Å². The number of rotatable bonds is 9.